The molecular formula is C8H19NO. The Balaban J connectivity index is 3.56. The summed E-state index contributed by atoms with van der Waals surface area (Å²) >= 11 is 0. The van der Waals surface area contributed by atoms with E-state index in [1.807, 2.05) is 6.92 Å². The SMILES string of the molecule is CCOC(CC)C(N)CC. The number of hydrogen-bond acceptors (Lipinski definition) is 2. The maximum absolute atomic E-state index is 5.79. The number of nitrogens with two attached hydrogens (primary N) is 1. The lowest BCUT2D eigenvalue weighted by atomic mass is 10.1. The Bertz CT molecular complexity index is 75.7. The summed E-state index contributed by atoms with van der Waals surface area (Å²) < 4.78 is 5.42. The predicted molar refractivity (Wildman–Crippen MR) is 44.0 cm³/mol. The van der Waals surface area contributed by atoms with Crippen LogP contribution in [0.3, 0.4) is 0 Å². The third kappa shape index (κ3) is 3.18. The molecule has 0 aliphatic carbocycles. The molecule has 0 aromatic rings. The van der Waals surface area contributed by atoms with Crippen molar-refractivity contribution in [3.63, 3.8) is 0 Å². The molecule has 0 aromatic heterocycles. The minimum Gasteiger partial charge on any atom is -0.377 e. The lowest BCUT2D eigenvalue weighted by Gasteiger charge is -2.20. The van der Waals surface area contributed by atoms with E-state index in [1.54, 1.807) is 0 Å². The summed E-state index contributed by atoms with van der Waals surface area (Å²) in [5.41, 5.74) is 5.79. The van der Waals surface area contributed by atoms with E-state index in [2.05, 4.69) is 13.8 Å². The van der Waals surface area contributed by atoms with E-state index in [0.29, 0.717) is 0 Å². The highest BCUT2D eigenvalue weighted by atomic mass is 16.5. The molecule has 0 saturated carbocycles. The molecule has 0 bridgehead atoms. The van der Waals surface area contributed by atoms with Gasteiger partial charge in [-0.15, -0.1) is 0 Å². The standard InChI is InChI=1S/C8H19NO/c1-4-7(9)8(5-2)10-6-3/h7-8H,4-6,9H2,1-3H3. The first-order valence-corrected chi connectivity index (χ1v) is 4.13. The molecule has 0 heterocycles. The molecule has 0 fully saturated rings. The van der Waals surface area contributed by atoms with Gasteiger partial charge in [-0.2, -0.15) is 0 Å². The fourth-order valence-electron chi connectivity index (χ4n) is 1.02. The third-order valence-corrected chi connectivity index (χ3v) is 1.73. The summed E-state index contributed by atoms with van der Waals surface area (Å²) in [6.45, 7) is 6.97. The topological polar surface area (TPSA) is 35.2 Å². The van der Waals surface area contributed by atoms with Crippen molar-refractivity contribution in [3.8, 4) is 0 Å². The van der Waals surface area contributed by atoms with Gasteiger partial charge in [0.15, 0.2) is 0 Å². The van der Waals surface area contributed by atoms with Gasteiger partial charge in [-0.1, -0.05) is 13.8 Å². The van der Waals surface area contributed by atoms with Crippen LogP contribution in [-0.4, -0.2) is 18.8 Å². The van der Waals surface area contributed by atoms with Gasteiger partial charge in [-0.3, -0.25) is 0 Å². The van der Waals surface area contributed by atoms with E-state index in [1.165, 1.54) is 0 Å². The van der Waals surface area contributed by atoms with Crippen molar-refractivity contribution in [2.75, 3.05) is 6.61 Å². The fourth-order valence-corrected chi connectivity index (χ4v) is 1.02. The van der Waals surface area contributed by atoms with E-state index in [4.69, 9.17) is 10.5 Å². The summed E-state index contributed by atoms with van der Waals surface area (Å²) in [7, 11) is 0. The maximum Gasteiger partial charge on any atom is 0.0723 e. The average molecular weight is 145 g/mol. The van der Waals surface area contributed by atoms with Crippen molar-refractivity contribution in [2.45, 2.75) is 45.8 Å². The van der Waals surface area contributed by atoms with E-state index in [-0.39, 0.29) is 12.1 Å². The van der Waals surface area contributed by atoms with Crippen molar-refractivity contribution in [1.82, 2.24) is 0 Å². The van der Waals surface area contributed by atoms with Crippen molar-refractivity contribution < 1.29 is 4.74 Å². The molecule has 2 N–H and O–H groups in total. The highest BCUT2D eigenvalue weighted by Gasteiger charge is 2.12. The van der Waals surface area contributed by atoms with E-state index in [0.717, 1.165) is 19.4 Å². The molecule has 0 saturated heterocycles. The molecule has 0 aliphatic heterocycles. The molecule has 2 atom stereocenters. The maximum atomic E-state index is 5.79. The zero-order valence-electron chi connectivity index (χ0n) is 7.26. The summed E-state index contributed by atoms with van der Waals surface area (Å²) in [5.74, 6) is 0. The van der Waals surface area contributed by atoms with Crippen LogP contribution in [0.25, 0.3) is 0 Å². The van der Waals surface area contributed by atoms with Crippen LogP contribution in [0.15, 0.2) is 0 Å². The molecule has 0 spiro atoms. The normalized spacial score (nSPS) is 16.8. The highest BCUT2D eigenvalue weighted by molar-refractivity contribution is 4.69. The Morgan fingerprint density at radius 3 is 2.10 bits per heavy atom. The van der Waals surface area contributed by atoms with Gasteiger partial charge in [0.2, 0.25) is 0 Å². The highest BCUT2D eigenvalue weighted by Crippen LogP contribution is 2.04. The molecule has 0 rings (SSSR count). The van der Waals surface area contributed by atoms with Crippen LogP contribution < -0.4 is 5.73 Å². The monoisotopic (exact) mass is 145 g/mol. The first kappa shape index (κ1) is 9.92. The van der Waals surface area contributed by atoms with Gasteiger partial charge in [0, 0.05) is 12.6 Å². The molecule has 0 radical (unpaired) electrons. The first-order chi connectivity index (χ1) is 4.76. The van der Waals surface area contributed by atoms with Crippen LogP contribution in [0.1, 0.15) is 33.6 Å². The van der Waals surface area contributed by atoms with Crippen LogP contribution in [0.2, 0.25) is 0 Å². The minimum absolute atomic E-state index is 0.213. The van der Waals surface area contributed by atoms with Crippen LogP contribution in [0, 0.1) is 0 Å². The first-order valence-electron chi connectivity index (χ1n) is 4.13. The van der Waals surface area contributed by atoms with Gasteiger partial charge in [0.25, 0.3) is 0 Å². The van der Waals surface area contributed by atoms with Gasteiger partial charge in [0.05, 0.1) is 6.10 Å². The molecule has 2 nitrogen and oxygen atoms in total. The van der Waals surface area contributed by atoms with Gasteiger partial charge < -0.3 is 10.5 Å². The molecule has 2 heteroatoms. The quantitative estimate of drug-likeness (QED) is 0.637. The van der Waals surface area contributed by atoms with Crippen molar-refractivity contribution in [3.05, 3.63) is 0 Å². The molecular weight excluding hydrogens is 126 g/mol. The fraction of sp³-hybridized carbons (Fsp3) is 1.00. The number of hydrogen-bond donors (Lipinski definition) is 1. The molecule has 0 aromatic carbocycles. The molecule has 0 amide bonds. The van der Waals surface area contributed by atoms with E-state index in [9.17, 15) is 0 Å². The molecule has 10 heavy (non-hydrogen) atoms. The largest absolute Gasteiger partial charge is 0.377 e. The summed E-state index contributed by atoms with van der Waals surface area (Å²) in [6.07, 6.45) is 2.27. The third-order valence-electron chi connectivity index (χ3n) is 1.73. The summed E-state index contributed by atoms with van der Waals surface area (Å²) in [5, 5.41) is 0. The minimum atomic E-state index is 0.213. The van der Waals surface area contributed by atoms with Gasteiger partial charge in [-0.25, -0.2) is 0 Å². The molecule has 0 aliphatic rings. The smallest absolute Gasteiger partial charge is 0.0723 e. The zero-order chi connectivity index (χ0) is 7.98. The lowest BCUT2D eigenvalue weighted by molar-refractivity contribution is 0.0408. The molecule has 62 valence electrons. The van der Waals surface area contributed by atoms with Crippen LogP contribution in [-0.2, 0) is 4.74 Å². The van der Waals surface area contributed by atoms with E-state index >= 15 is 0 Å². The van der Waals surface area contributed by atoms with Crippen molar-refractivity contribution in [1.29, 1.82) is 0 Å². The van der Waals surface area contributed by atoms with Crippen molar-refractivity contribution >= 4 is 0 Å². The van der Waals surface area contributed by atoms with Crippen LogP contribution in [0.4, 0.5) is 0 Å². The van der Waals surface area contributed by atoms with E-state index < -0.39 is 0 Å². The Hall–Kier alpha value is -0.0800. The van der Waals surface area contributed by atoms with Crippen molar-refractivity contribution in [2.24, 2.45) is 5.73 Å². The number of rotatable bonds is 5. The predicted octanol–water partition coefficient (Wildman–Crippen LogP) is 1.54. The van der Waals surface area contributed by atoms with Gasteiger partial charge in [0.1, 0.15) is 0 Å². The Morgan fingerprint density at radius 2 is 1.80 bits per heavy atom. The second kappa shape index (κ2) is 5.69. The summed E-state index contributed by atoms with van der Waals surface area (Å²) in [4.78, 5) is 0. The van der Waals surface area contributed by atoms with Gasteiger partial charge >= 0.3 is 0 Å². The number of ether oxygens (including phenoxy) is 1. The Morgan fingerprint density at radius 1 is 1.20 bits per heavy atom. The molecule has 2 unspecified atom stereocenters. The Labute approximate surface area is 63.7 Å². The zero-order valence-corrected chi connectivity index (χ0v) is 7.26. The lowest BCUT2D eigenvalue weighted by Crippen LogP contribution is -2.35. The van der Waals surface area contributed by atoms with Gasteiger partial charge in [-0.05, 0) is 19.8 Å². The average Bonchev–Trinajstić information content (AvgIpc) is 1.99. The second-order valence-electron chi connectivity index (χ2n) is 2.47. The van der Waals surface area contributed by atoms with Crippen LogP contribution in [0.5, 0.6) is 0 Å². The Kier molecular flexibility index (Phi) is 5.64. The second-order valence-corrected chi connectivity index (χ2v) is 2.47. The summed E-state index contributed by atoms with van der Waals surface area (Å²) in [6, 6.07) is 0.213. The van der Waals surface area contributed by atoms with Crippen LogP contribution >= 0.6 is 0 Å².